The van der Waals surface area contributed by atoms with Crippen molar-refractivity contribution in [3.63, 3.8) is 0 Å². The summed E-state index contributed by atoms with van der Waals surface area (Å²) in [6.07, 6.45) is 2.54. The summed E-state index contributed by atoms with van der Waals surface area (Å²) in [5.74, 6) is -0.704. The monoisotopic (exact) mass is 262 g/mol. The van der Waals surface area contributed by atoms with Crippen molar-refractivity contribution in [2.45, 2.75) is 31.0 Å². The van der Waals surface area contributed by atoms with E-state index in [9.17, 15) is 8.78 Å². The molecule has 0 bridgehead atoms. The first kappa shape index (κ1) is 11.6. The van der Waals surface area contributed by atoms with Crippen LogP contribution in [-0.4, -0.2) is 4.83 Å². The molecule has 0 saturated heterocycles. The Morgan fingerprint density at radius 2 is 2.07 bits per heavy atom. The molecule has 1 unspecified atom stereocenters. The Balaban J connectivity index is 2.70. The Morgan fingerprint density at radius 1 is 1.36 bits per heavy atom. The SMILES string of the molecule is CCCC(Br)Cc1cc(F)ccc1F. The molecule has 0 spiro atoms. The van der Waals surface area contributed by atoms with E-state index in [0.717, 1.165) is 18.9 Å². The Bertz CT molecular complexity index is 299. The molecule has 0 N–H and O–H groups in total. The van der Waals surface area contributed by atoms with Gasteiger partial charge in [0, 0.05) is 4.83 Å². The minimum absolute atomic E-state index is 0.226. The Labute approximate surface area is 91.5 Å². The highest BCUT2D eigenvalue weighted by molar-refractivity contribution is 9.09. The quantitative estimate of drug-likeness (QED) is 0.718. The van der Waals surface area contributed by atoms with Crippen LogP contribution in [0.3, 0.4) is 0 Å². The third-order valence-corrected chi connectivity index (χ3v) is 2.83. The smallest absolute Gasteiger partial charge is 0.126 e. The minimum atomic E-state index is -0.377. The van der Waals surface area contributed by atoms with Crippen molar-refractivity contribution in [2.75, 3.05) is 0 Å². The van der Waals surface area contributed by atoms with Gasteiger partial charge < -0.3 is 0 Å². The van der Waals surface area contributed by atoms with Crippen molar-refractivity contribution in [1.82, 2.24) is 0 Å². The van der Waals surface area contributed by atoms with Crippen molar-refractivity contribution in [3.05, 3.63) is 35.4 Å². The van der Waals surface area contributed by atoms with E-state index in [1.807, 2.05) is 0 Å². The molecule has 1 aromatic carbocycles. The summed E-state index contributed by atoms with van der Waals surface area (Å²) in [5, 5.41) is 0. The molecule has 0 nitrogen and oxygen atoms in total. The van der Waals surface area contributed by atoms with E-state index in [1.165, 1.54) is 12.1 Å². The maximum Gasteiger partial charge on any atom is 0.126 e. The summed E-state index contributed by atoms with van der Waals surface area (Å²) < 4.78 is 26.0. The van der Waals surface area contributed by atoms with Gasteiger partial charge in [-0.25, -0.2) is 8.78 Å². The van der Waals surface area contributed by atoms with Gasteiger partial charge in [-0.05, 0) is 36.6 Å². The average Bonchev–Trinajstić information content (AvgIpc) is 2.12. The largest absolute Gasteiger partial charge is 0.207 e. The number of hydrogen-bond acceptors (Lipinski definition) is 0. The summed E-state index contributed by atoms with van der Waals surface area (Å²) >= 11 is 3.44. The number of hydrogen-bond donors (Lipinski definition) is 0. The average molecular weight is 263 g/mol. The van der Waals surface area contributed by atoms with Gasteiger partial charge >= 0.3 is 0 Å². The lowest BCUT2D eigenvalue weighted by atomic mass is 10.1. The van der Waals surface area contributed by atoms with Gasteiger partial charge in [0.1, 0.15) is 11.6 Å². The lowest BCUT2D eigenvalue weighted by molar-refractivity contribution is 0.580. The lowest BCUT2D eigenvalue weighted by Crippen LogP contribution is -2.04. The molecular weight excluding hydrogens is 250 g/mol. The molecule has 0 aliphatic rings. The van der Waals surface area contributed by atoms with E-state index < -0.39 is 0 Å². The van der Waals surface area contributed by atoms with Crippen LogP contribution in [-0.2, 0) is 6.42 Å². The maximum absolute atomic E-state index is 13.2. The number of halogens is 3. The molecule has 0 aliphatic carbocycles. The summed E-state index contributed by atoms with van der Waals surface area (Å²) in [4.78, 5) is 0.226. The molecule has 0 aliphatic heterocycles. The van der Waals surface area contributed by atoms with Crippen LogP contribution in [0.5, 0.6) is 0 Å². The second kappa shape index (κ2) is 5.44. The molecular formula is C11H13BrF2. The molecule has 78 valence electrons. The predicted octanol–water partition coefficient (Wildman–Crippen LogP) is 4.07. The molecule has 1 rings (SSSR count). The summed E-state index contributed by atoms with van der Waals surface area (Å²) in [6, 6.07) is 3.58. The standard InChI is InChI=1S/C11H13BrF2/c1-2-3-9(12)6-8-7-10(13)4-5-11(8)14/h4-5,7,9H,2-3,6H2,1H3. The predicted molar refractivity (Wildman–Crippen MR) is 57.7 cm³/mol. The van der Waals surface area contributed by atoms with Crippen LogP contribution in [0.4, 0.5) is 8.78 Å². The minimum Gasteiger partial charge on any atom is -0.207 e. The first-order valence-corrected chi connectivity index (χ1v) is 5.63. The molecule has 0 radical (unpaired) electrons. The van der Waals surface area contributed by atoms with E-state index in [2.05, 4.69) is 22.9 Å². The van der Waals surface area contributed by atoms with Crippen LogP contribution < -0.4 is 0 Å². The molecule has 0 amide bonds. The van der Waals surface area contributed by atoms with Crippen LogP contribution >= 0.6 is 15.9 Å². The molecule has 0 fully saturated rings. The second-order valence-corrected chi connectivity index (χ2v) is 4.62. The highest BCUT2D eigenvalue weighted by atomic mass is 79.9. The molecule has 0 saturated carbocycles. The number of alkyl halides is 1. The second-order valence-electron chi connectivity index (χ2n) is 3.33. The van der Waals surface area contributed by atoms with Gasteiger partial charge in [0.25, 0.3) is 0 Å². The van der Waals surface area contributed by atoms with Crippen LogP contribution in [0.1, 0.15) is 25.3 Å². The van der Waals surface area contributed by atoms with Gasteiger partial charge in [-0.2, -0.15) is 0 Å². The van der Waals surface area contributed by atoms with E-state index in [1.54, 1.807) is 0 Å². The topological polar surface area (TPSA) is 0 Å². The van der Waals surface area contributed by atoms with E-state index >= 15 is 0 Å². The zero-order valence-electron chi connectivity index (χ0n) is 8.06. The summed E-state index contributed by atoms with van der Waals surface area (Å²) in [6.45, 7) is 2.07. The fourth-order valence-electron chi connectivity index (χ4n) is 1.35. The van der Waals surface area contributed by atoms with Gasteiger partial charge in [-0.15, -0.1) is 0 Å². The molecule has 0 aromatic heterocycles. The maximum atomic E-state index is 13.2. The van der Waals surface area contributed by atoms with Gasteiger partial charge in [-0.1, -0.05) is 29.3 Å². The van der Waals surface area contributed by atoms with Crippen molar-refractivity contribution < 1.29 is 8.78 Å². The third-order valence-electron chi connectivity index (χ3n) is 2.05. The summed E-state index contributed by atoms with van der Waals surface area (Å²) in [5.41, 5.74) is 0.445. The van der Waals surface area contributed by atoms with E-state index in [0.29, 0.717) is 12.0 Å². The highest BCUT2D eigenvalue weighted by Crippen LogP contribution is 2.18. The van der Waals surface area contributed by atoms with Crippen LogP contribution in [0.25, 0.3) is 0 Å². The van der Waals surface area contributed by atoms with Gasteiger partial charge in [-0.3, -0.25) is 0 Å². The molecule has 1 aromatic rings. The van der Waals surface area contributed by atoms with Gasteiger partial charge in [0.05, 0.1) is 0 Å². The normalized spacial score (nSPS) is 12.9. The zero-order chi connectivity index (χ0) is 10.6. The lowest BCUT2D eigenvalue weighted by Gasteiger charge is -2.08. The first-order valence-electron chi connectivity index (χ1n) is 4.71. The highest BCUT2D eigenvalue weighted by Gasteiger charge is 2.09. The fourth-order valence-corrected chi connectivity index (χ4v) is 2.16. The molecule has 14 heavy (non-hydrogen) atoms. The fraction of sp³-hybridized carbons (Fsp3) is 0.455. The van der Waals surface area contributed by atoms with Crippen molar-refractivity contribution >= 4 is 15.9 Å². The molecule has 1 atom stereocenters. The number of benzene rings is 1. The Morgan fingerprint density at radius 3 is 2.71 bits per heavy atom. The van der Waals surface area contributed by atoms with Crippen LogP contribution in [0, 0.1) is 11.6 Å². The zero-order valence-corrected chi connectivity index (χ0v) is 9.65. The third kappa shape index (κ3) is 3.37. The van der Waals surface area contributed by atoms with Crippen molar-refractivity contribution in [2.24, 2.45) is 0 Å². The van der Waals surface area contributed by atoms with Crippen molar-refractivity contribution in [1.29, 1.82) is 0 Å². The van der Waals surface area contributed by atoms with Gasteiger partial charge in [0.15, 0.2) is 0 Å². The molecule has 0 heterocycles. The van der Waals surface area contributed by atoms with Crippen molar-refractivity contribution in [3.8, 4) is 0 Å². The van der Waals surface area contributed by atoms with Crippen LogP contribution in [0.2, 0.25) is 0 Å². The Kier molecular flexibility index (Phi) is 4.52. The molecule has 3 heteroatoms. The van der Waals surface area contributed by atoms with E-state index in [-0.39, 0.29) is 16.5 Å². The summed E-state index contributed by atoms with van der Waals surface area (Å²) in [7, 11) is 0. The Hall–Kier alpha value is -0.440. The number of rotatable bonds is 4. The van der Waals surface area contributed by atoms with Gasteiger partial charge in [0.2, 0.25) is 0 Å². The van der Waals surface area contributed by atoms with E-state index in [4.69, 9.17) is 0 Å². The first-order chi connectivity index (χ1) is 6.63. The van der Waals surface area contributed by atoms with Crippen LogP contribution in [0.15, 0.2) is 18.2 Å².